The third kappa shape index (κ3) is 4.59. The first-order chi connectivity index (χ1) is 14.5. The highest BCUT2D eigenvalue weighted by Crippen LogP contribution is 2.44. The van der Waals surface area contributed by atoms with E-state index in [4.69, 9.17) is 9.47 Å². The molecule has 30 heavy (non-hydrogen) atoms. The number of benzene rings is 1. The van der Waals surface area contributed by atoms with E-state index in [-0.39, 0.29) is 30.0 Å². The quantitative estimate of drug-likeness (QED) is 0.521. The standard InChI is InChI=1S/C22H31N3O5/c1-23(20(26)16-29-19-8-4-6-17(14-19)25(27)28)21-9-11-22(30-21)10-5-7-18(15-22)24-12-2-3-13-24/h4,6,8,14,18,21H,2-3,5,7,9-13,15-16H2,1H3/t18-,21?,22-/m1/s1. The van der Waals surface area contributed by atoms with E-state index >= 15 is 0 Å². The number of rotatable bonds is 6. The van der Waals surface area contributed by atoms with Crippen LogP contribution in [0.1, 0.15) is 51.4 Å². The predicted octanol–water partition coefficient (Wildman–Crippen LogP) is 3.35. The zero-order valence-corrected chi connectivity index (χ0v) is 17.6. The average molecular weight is 418 g/mol. The van der Waals surface area contributed by atoms with Crippen LogP contribution < -0.4 is 4.74 Å². The summed E-state index contributed by atoms with van der Waals surface area (Å²) in [5.41, 5.74) is -0.162. The number of carbonyl (C=O) groups is 1. The maximum atomic E-state index is 12.6. The van der Waals surface area contributed by atoms with Crippen molar-refractivity contribution in [2.75, 3.05) is 26.7 Å². The number of carbonyl (C=O) groups excluding carboxylic acids is 1. The number of likely N-dealkylation sites (N-methyl/N-ethyl adjacent to an activating group) is 1. The van der Waals surface area contributed by atoms with Crippen LogP contribution in [0.5, 0.6) is 5.75 Å². The van der Waals surface area contributed by atoms with Crippen LogP contribution in [-0.2, 0) is 9.53 Å². The molecule has 164 valence electrons. The number of hydrogen-bond donors (Lipinski definition) is 0. The normalized spacial score (nSPS) is 29.2. The van der Waals surface area contributed by atoms with Gasteiger partial charge in [-0.3, -0.25) is 14.9 Å². The Morgan fingerprint density at radius 2 is 2.10 bits per heavy atom. The molecular weight excluding hydrogens is 386 g/mol. The molecule has 4 rings (SSSR count). The van der Waals surface area contributed by atoms with Crippen molar-refractivity contribution < 1.29 is 19.2 Å². The van der Waals surface area contributed by atoms with E-state index in [1.807, 2.05) is 0 Å². The molecule has 1 saturated carbocycles. The molecule has 1 unspecified atom stereocenters. The maximum Gasteiger partial charge on any atom is 0.273 e. The summed E-state index contributed by atoms with van der Waals surface area (Å²) in [4.78, 5) is 27.3. The second-order valence-electron chi connectivity index (χ2n) is 8.84. The van der Waals surface area contributed by atoms with E-state index in [0.717, 1.165) is 25.7 Å². The van der Waals surface area contributed by atoms with Crippen LogP contribution in [0.4, 0.5) is 5.69 Å². The third-order valence-electron chi connectivity index (χ3n) is 6.88. The molecule has 0 aromatic heterocycles. The molecule has 0 N–H and O–H groups in total. The number of non-ortho nitro benzene ring substituents is 1. The summed E-state index contributed by atoms with van der Waals surface area (Å²) in [6.07, 6.45) is 8.77. The fourth-order valence-corrected chi connectivity index (χ4v) is 5.21. The summed E-state index contributed by atoms with van der Waals surface area (Å²) in [6, 6.07) is 6.49. The summed E-state index contributed by atoms with van der Waals surface area (Å²) < 4.78 is 12.0. The van der Waals surface area contributed by atoms with Crippen molar-refractivity contribution in [2.24, 2.45) is 0 Å². The Morgan fingerprint density at radius 3 is 2.87 bits per heavy atom. The SMILES string of the molecule is CN(C(=O)COc1cccc([N+](=O)[O-])c1)C1CC[C@@]2(CCC[C@@H](N3CCCC3)C2)O1. The Hall–Kier alpha value is -2.19. The Labute approximate surface area is 177 Å². The molecule has 0 radical (unpaired) electrons. The van der Waals surface area contributed by atoms with E-state index in [0.29, 0.717) is 11.8 Å². The summed E-state index contributed by atoms with van der Waals surface area (Å²) in [7, 11) is 1.75. The van der Waals surface area contributed by atoms with Gasteiger partial charge in [-0.15, -0.1) is 0 Å². The minimum absolute atomic E-state index is 0.0563. The molecule has 2 heterocycles. The number of nitro benzene ring substituents is 1. The number of likely N-dealkylation sites (tertiary alicyclic amines) is 1. The summed E-state index contributed by atoms with van der Waals surface area (Å²) in [5.74, 6) is 0.131. The largest absolute Gasteiger partial charge is 0.484 e. The lowest BCUT2D eigenvalue weighted by molar-refractivity contribution is -0.384. The molecule has 2 aliphatic heterocycles. The van der Waals surface area contributed by atoms with Crippen molar-refractivity contribution in [3.63, 3.8) is 0 Å². The smallest absolute Gasteiger partial charge is 0.273 e. The first-order valence-electron chi connectivity index (χ1n) is 11.0. The molecule has 2 saturated heterocycles. The Kier molecular flexibility index (Phi) is 6.24. The Balaban J connectivity index is 1.30. The Bertz CT molecular complexity index is 782. The average Bonchev–Trinajstić information content (AvgIpc) is 3.42. The van der Waals surface area contributed by atoms with Crippen molar-refractivity contribution in [3.05, 3.63) is 34.4 Å². The third-order valence-corrected chi connectivity index (χ3v) is 6.88. The fourth-order valence-electron chi connectivity index (χ4n) is 5.21. The van der Waals surface area contributed by atoms with Gasteiger partial charge in [-0.25, -0.2) is 0 Å². The van der Waals surface area contributed by atoms with Gasteiger partial charge in [0.25, 0.3) is 11.6 Å². The molecule has 3 fully saturated rings. The first-order valence-corrected chi connectivity index (χ1v) is 11.0. The van der Waals surface area contributed by atoms with Crippen molar-refractivity contribution in [1.29, 1.82) is 0 Å². The van der Waals surface area contributed by atoms with E-state index in [1.54, 1.807) is 24.1 Å². The number of hydrogen-bond acceptors (Lipinski definition) is 6. The van der Waals surface area contributed by atoms with Crippen LogP contribution in [0.15, 0.2) is 24.3 Å². The van der Waals surface area contributed by atoms with E-state index in [9.17, 15) is 14.9 Å². The molecule has 1 amide bonds. The highest BCUT2D eigenvalue weighted by atomic mass is 16.6. The number of amides is 1. The van der Waals surface area contributed by atoms with Crippen LogP contribution in [0, 0.1) is 10.1 Å². The van der Waals surface area contributed by atoms with E-state index in [1.165, 1.54) is 50.9 Å². The minimum Gasteiger partial charge on any atom is -0.484 e. The summed E-state index contributed by atoms with van der Waals surface area (Å²) in [5, 5.41) is 10.9. The van der Waals surface area contributed by atoms with Gasteiger partial charge in [0.05, 0.1) is 16.6 Å². The number of nitrogens with zero attached hydrogens (tertiary/aromatic N) is 3. The highest BCUT2D eigenvalue weighted by Gasteiger charge is 2.46. The monoisotopic (exact) mass is 417 g/mol. The van der Waals surface area contributed by atoms with Gasteiger partial charge in [0, 0.05) is 19.2 Å². The molecule has 3 aliphatic rings. The van der Waals surface area contributed by atoms with Gasteiger partial charge in [0.1, 0.15) is 12.0 Å². The minimum atomic E-state index is -0.480. The van der Waals surface area contributed by atoms with Gasteiger partial charge in [0.15, 0.2) is 6.61 Å². The van der Waals surface area contributed by atoms with Crippen molar-refractivity contribution in [2.45, 2.75) is 69.2 Å². The lowest BCUT2D eigenvalue weighted by Gasteiger charge is -2.42. The Morgan fingerprint density at radius 1 is 1.30 bits per heavy atom. The van der Waals surface area contributed by atoms with Crippen molar-refractivity contribution >= 4 is 11.6 Å². The fraction of sp³-hybridized carbons (Fsp3) is 0.682. The molecule has 1 aromatic rings. The van der Waals surface area contributed by atoms with Gasteiger partial charge in [-0.2, -0.15) is 0 Å². The molecule has 3 atom stereocenters. The van der Waals surface area contributed by atoms with Gasteiger partial charge in [0.2, 0.25) is 0 Å². The van der Waals surface area contributed by atoms with Crippen LogP contribution >= 0.6 is 0 Å². The van der Waals surface area contributed by atoms with Gasteiger partial charge in [-0.1, -0.05) is 6.07 Å². The van der Waals surface area contributed by atoms with E-state index < -0.39 is 4.92 Å². The van der Waals surface area contributed by atoms with Crippen molar-refractivity contribution in [1.82, 2.24) is 9.80 Å². The maximum absolute atomic E-state index is 12.6. The molecular formula is C22H31N3O5. The molecule has 1 aliphatic carbocycles. The lowest BCUT2D eigenvalue weighted by Crippen LogP contribution is -2.47. The highest BCUT2D eigenvalue weighted by molar-refractivity contribution is 5.77. The van der Waals surface area contributed by atoms with Crippen LogP contribution in [0.25, 0.3) is 0 Å². The second-order valence-corrected chi connectivity index (χ2v) is 8.84. The van der Waals surface area contributed by atoms with E-state index in [2.05, 4.69) is 4.90 Å². The van der Waals surface area contributed by atoms with Crippen LogP contribution in [0.3, 0.4) is 0 Å². The molecule has 0 bridgehead atoms. The number of ether oxygens (including phenoxy) is 2. The van der Waals surface area contributed by atoms with Gasteiger partial charge in [-0.05, 0) is 70.5 Å². The predicted molar refractivity (Wildman–Crippen MR) is 111 cm³/mol. The van der Waals surface area contributed by atoms with Crippen LogP contribution in [-0.4, -0.2) is 65.2 Å². The van der Waals surface area contributed by atoms with Gasteiger partial charge >= 0.3 is 0 Å². The second kappa shape index (κ2) is 8.89. The first kappa shape index (κ1) is 21.1. The zero-order valence-electron chi connectivity index (χ0n) is 17.6. The zero-order chi connectivity index (χ0) is 21.1. The molecule has 8 heteroatoms. The molecule has 8 nitrogen and oxygen atoms in total. The van der Waals surface area contributed by atoms with Gasteiger partial charge < -0.3 is 19.3 Å². The lowest BCUT2D eigenvalue weighted by atomic mass is 9.79. The summed E-state index contributed by atoms with van der Waals surface area (Å²) in [6.45, 7) is 2.25. The molecule has 1 aromatic carbocycles. The number of nitro groups is 1. The topological polar surface area (TPSA) is 85.2 Å². The molecule has 1 spiro atoms. The van der Waals surface area contributed by atoms with Crippen LogP contribution in [0.2, 0.25) is 0 Å². The summed E-state index contributed by atoms with van der Waals surface area (Å²) >= 11 is 0. The van der Waals surface area contributed by atoms with Crippen molar-refractivity contribution in [3.8, 4) is 5.75 Å².